The van der Waals surface area contributed by atoms with E-state index in [1.54, 1.807) is 20.9 Å². The molecule has 7 unspecified atom stereocenters. The number of fused-ring (bicyclic) bond motifs is 3. The number of carbonyl (C=O) groups is 1. The Hall–Kier alpha value is -1.88. The van der Waals surface area contributed by atoms with Crippen molar-refractivity contribution in [3.8, 4) is 20.9 Å². The smallest absolute Gasteiger partial charge is 0.347 e. The highest BCUT2D eigenvalue weighted by molar-refractivity contribution is 8.08. The summed E-state index contributed by atoms with van der Waals surface area (Å²) in [6.45, 7) is 35.3. The zero-order valence-electron chi connectivity index (χ0n) is 51.8. The average Bonchev–Trinajstić information content (AvgIpc) is 4.51. The first-order chi connectivity index (χ1) is 38.0. The second-order valence-corrected chi connectivity index (χ2v) is 31.9. The van der Waals surface area contributed by atoms with Crippen molar-refractivity contribution in [3.63, 3.8) is 0 Å². The van der Waals surface area contributed by atoms with Crippen LogP contribution < -0.4 is 0 Å². The Morgan fingerprint density at radius 2 is 1.03 bits per heavy atom. The van der Waals surface area contributed by atoms with Crippen LogP contribution in [0, 0.1) is 35.0 Å². The van der Waals surface area contributed by atoms with Gasteiger partial charge in [-0.1, -0.05) is 206 Å². The van der Waals surface area contributed by atoms with Crippen LogP contribution in [0.15, 0.2) is 46.0 Å². The Kier molecular flexibility index (Phi) is 24.4. The van der Waals surface area contributed by atoms with E-state index in [4.69, 9.17) is 4.74 Å². The molecule has 2 aliphatic rings. The number of esters is 1. The molecule has 438 valence electrons. The van der Waals surface area contributed by atoms with Gasteiger partial charge in [-0.3, -0.25) is 0 Å². The first-order valence-electron chi connectivity index (χ1n) is 31.9. The van der Waals surface area contributed by atoms with E-state index in [0.717, 1.165) is 38.5 Å². The van der Waals surface area contributed by atoms with Gasteiger partial charge in [0.1, 0.15) is 10.7 Å². The van der Waals surface area contributed by atoms with Gasteiger partial charge < -0.3 is 4.74 Å². The lowest BCUT2D eigenvalue weighted by Gasteiger charge is -2.37. The van der Waals surface area contributed by atoms with Crippen molar-refractivity contribution in [2.45, 2.75) is 261 Å². The van der Waals surface area contributed by atoms with Crippen LogP contribution >= 0.6 is 68.9 Å². The number of allylic oxidation sites excluding steroid dienone is 3. The SMILES string of the molecule is CCCCC(CC)Cc1cc(-c2c3cc(C(C)(C)CC)sc3c(-c3cc(CC(CC)CCCC)c(CC(CC)CCCC)s3)c3cc(C4SC(C(C)(C)CC)=CC5C(F)=C(C(=O)OCC)SC54)sc23)sc1CC(CC)CCCC. The molecule has 0 radical (unpaired) electrons. The molecule has 0 N–H and O–H groups in total. The van der Waals surface area contributed by atoms with Crippen LogP contribution in [0.3, 0.4) is 0 Å². The van der Waals surface area contributed by atoms with Crippen LogP contribution in [0.25, 0.3) is 41.1 Å². The predicted octanol–water partition coefficient (Wildman–Crippen LogP) is 24.9. The molecule has 79 heavy (non-hydrogen) atoms. The van der Waals surface area contributed by atoms with E-state index in [0.29, 0.717) is 23.7 Å². The number of halogens is 1. The molecule has 0 spiro atoms. The summed E-state index contributed by atoms with van der Waals surface area (Å²) < 4.78 is 25.5. The second-order valence-electron chi connectivity index (χ2n) is 25.1. The van der Waals surface area contributed by atoms with Gasteiger partial charge in [0.15, 0.2) is 0 Å². The third-order valence-corrected chi connectivity index (χ3v) is 27.4. The summed E-state index contributed by atoms with van der Waals surface area (Å²) in [5.41, 5.74) is 5.91. The van der Waals surface area contributed by atoms with Crippen LogP contribution in [0.4, 0.5) is 4.39 Å². The van der Waals surface area contributed by atoms with Crippen molar-refractivity contribution in [2.24, 2.45) is 35.0 Å². The van der Waals surface area contributed by atoms with E-state index in [9.17, 15) is 4.79 Å². The molecular weight excluding hydrogens is 1080 g/mol. The summed E-state index contributed by atoms with van der Waals surface area (Å²) in [4.78, 5) is 23.9. The number of benzene rings is 1. The topological polar surface area (TPSA) is 26.3 Å². The number of hydrogen-bond donors (Lipinski definition) is 0. The van der Waals surface area contributed by atoms with Crippen LogP contribution in [-0.4, -0.2) is 17.8 Å². The highest BCUT2D eigenvalue weighted by atomic mass is 32.2. The quantitative estimate of drug-likeness (QED) is 0.0391. The van der Waals surface area contributed by atoms with Gasteiger partial charge in [-0.05, 0) is 120 Å². The fraction of sp³-hybridized carbons (Fsp3) is 0.671. The molecule has 7 rings (SSSR count). The number of carbonyl (C=O) groups excluding carboxylic acids is 1. The summed E-state index contributed by atoms with van der Waals surface area (Å²) in [5.74, 6) is 1.42. The molecule has 4 aromatic heterocycles. The number of hydrogen-bond acceptors (Lipinski definition) is 8. The van der Waals surface area contributed by atoms with Gasteiger partial charge >= 0.3 is 5.97 Å². The Morgan fingerprint density at radius 3 is 1.47 bits per heavy atom. The molecule has 6 heterocycles. The molecule has 5 aromatic rings. The minimum absolute atomic E-state index is 0.0207. The zero-order valence-corrected chi connectivity index (χ0v) is 56.7. The minimum atomic E-state index is -0.520. The van der Waals surface area contributed by atoms with Gasteiger partial charge in [0, 0.05) is 71.7 Å². The normalized spacial score (nSPS) is 18.7. The zero-order chi connectivity index (χ0) is 57.2. The standard InChI is InChI=1S/C70H103FO2S6/c1-16-27-31-44(20-5)35-48-39-55(74-53(48)37-46(22-7)33-29-18-3)60-50-41-57(66-65-52(43-59(78-66)70(14,15)25-10)62(71)67(79-65)68(72)73-26-11)76-63(50)61(51-42-58(77-64(51)60)69(12,13)24-9)56-40-49(36-45(21-6)32-28-17-2)54(75-56)38-47(23-8)34-30-19-4/h39-47,52,65-66H,16-38H2,1-15H3. The summed E-state index contributed by atoms with van der Waals surface area (Å²) in [7, 11) is 0. The maximum Gasteiger partial charge on any atom is 0.347 e. The van der Waals surface area contributed by atoms with E-state index in [1.807, 2.05) is 30.0 Å². The first-order valence-corrected chi connectivity index (χ1v) is 36.9. The molecule has 1 aromatic carbocycles. The first kappa shape index (κ1) is 64.7. The molecule has 0 saturated carbocycles. The van der Waals surface area contributed by atoms with Gasteiger partial charge in [-0.2, -0.15) is 0 Å². The highest BCUT2D eigenvalue weighted by Crippen LogP contribution is 2.63. The number of thioether (sulfide) groups is 2. The Labute approximate surface area is 505 Å². The lowest BCUT2D eigenvalue weighted by molar-refractivity contribution is -0.137. The number of thiophene rings is 4. The number of ether oxygens (including phenoxy) is 1. The number of unbranched alkanes of at least 4 members (excludes halogenated alkanes) is 4. The van der Waals surface area contributed by atoms with E-state index < -0.39 is 11.9 Å². The van der Waals surface area contributed by atoms with Crippen molar-refractivity contribution in [1.82, 2.24) is 0 Å². The van der Waals surface area contributed by atoms with Gasteiger partial charge in [0.05, 0.1) is 11.9 Å². The van der Waals surface area contributed by atoms with Crippen LogP contribution in [-0.2, 0) is 40.6 Å². The van der Waals surface area contributed by atoms with Crippen molar-refractivity contribution in [1.29, 1.82) is 0 Å². The Balaban J connectivity index is 1.57. The van der Waals surface area contributed by atoms with Crippen LogP contribution in [0.5, 0.6) is 0 Å². The number of rotatable bonds is 33. The average molecular weight is 1190 g/mol. The molecule has 0 amide bonds. The minimum Gasteiger partial charge on any atom is -0.462 e. The molecule has 0 saturated heterocycles. The fourth-order valence-corrected chi connectivity index (χ4v) is 21.2. The molecule has 2 aliphatic heterocycles. The monoisotopic (exact) mass is 1190 g/mol. The molecule has 7 atom stereocenters. The second kappa shape index (κ2) is 29.8. The molecule has 9 heteroatoms. The molecular formula is C70H103FO2S6. The van der Waals surface area contributed by atoms with Crippen LogP contribution in [0.1, 0.15) is 255 Å². The third kappa shape index (κ3) is 15.0. The summed E-state index contributed by atoms with van der Waals surface area (Å²) in [6, 6.07) is 10.6. The van der Waals surface area contributed by atoms with Gasteiger partial charge in [0.2, 0.25) is 0 Å². The highest BCUT2D eigenvalue weighted by Gasteiger charge is 2.48. The Bertz CT molecular complexity index is 2620. The maximum atomic E-state index is 17.1. The fourth-order valence-electron chi connectivity index (χ4n) is 12.2. The van der Waals surface area contributed by atoms with Gasteiger partial charge in [-0.25, -0.2) is 9.18 Å². The van der Waals surface area contributed by atoms with Crippen molar-refractivity contribution in [2.75, 3.05) is 6.61 Å². The Morgan fingerprint density at radius 1 is 0.570 bits per heavy atom. The van der Waals surface area contributed by atoms with Gasteiger partial charge in [0.25, 0.3) is 0 Å². The van der Waals surface area contributed by atoms with Gasteiger partial charge in [-0.15, -0.1) is 68.9 Å². The third-order valence-electron chi connectivity index (χ3n) is 18.7. The predicted molar refractivity (Wildman–Crippen MR) is 357 cm³/mol. The van der Waals surface area contributed by atoms with Crippen molar-refractivity contribution >= 4 is 95.0 Å². The maximum absolute atomic E-state index is 17.1. The van der Waals surface area contributed by atoms with E-state index in [2.05, 4.69) is 161 Å². The molecule has 0 bridgehead atoms. The lowest BCUT2D eigenvalue weighted by Crippen LogP contribution is -2.26. The van der Waals surface area contributed by atoms with Crippen molar-refractivity contribution < 1.29 is 13.9 Å². The molecule has 0 fully saturated rings. The summed E-state index contributed by atoms with van der Waals surface area (Å²) in [5, 5.41) is 2.58. The summed E-state index contributed by atoms with van der Waals surface area (Å²) >= 11 is 11.7. The molecule has 2 nitrogen and oxygen atoms in total. The van der Waals surface area contributed by atoms with Crippen molar-refractivity contribution in [3.05, 3.63) is 76.6 Å². The summed E-state index contributed by atoms with van der Waals surface area (Å²) in [6.07, 6.45) is 29.0. The van der Waals surface area contributed by atoms with E-state index in [-0.39, 0.29) is 38.7 Å². The lowest BCUT2D eigenvalue weighted by atomic mass is 9.86. The van der Waals surface area contributed by atoms with E-state index >= 15 is 4.39 Å². The van der Waals surface area contributed by atoms with Crippen LogP contribution in [0.2, 0.25) is 0 Å². The molecule has 0 aliphatic carbocycles. The largest absolute Gasteiger partial charge is 0.462 e. The van der Waals surface area contributed by atoms with E-state index in [1.165, 1.54) is 170 Å².